The number of rotatable bonds is 9. The Balaban J connectivity index is 1.93. The molecule has 0 aliphatic carbocycles. The zero-order valence-electron chi connectivity index (χ0n) is 14.7. The maximum Gasteiger partial charge on any atom is 0.374 e. The summed E-state index contributed by atoms with van der Waals surface area (Å²) < 4.78 is 5.14. The summed E-state index contributed by atoms with van der Waals surface area (Å²) in [4.78, 5) is 12.2. The highest BCUT2D eigenvalue weighted by Crippen LogP contribution is 2.31. The van der Waals surface area contributed by atoms with Gasteiger partial charge < -0.3 is 4.74 Å². The van der Waals surface area contributed by atoms with Crippen LogP contribution in [-0.2, 0) is 0 Å². The highest BCUT2D eigenvalue weighted by Gasteiger charge is 2.18. The number of unbranched alkanes of at least 4 members (excludes halogenated alkanes) is 4. The van der Waals surface area contributed by atoms with Crippen LogP contribution in [0, 0.1) is 0 Å². The summed E-state index contributed by atoms with van der Waals surface area (Å²) in [6, 6.07) is 10.9. The van der Waals surface area contributed by atoms with Crippen LogP contribution in [-0.4, -0.2) is 20.2 Å². The summed E-state index contributed by atoms with van der Waals surface area (Å²) in [6.45, 7) is 2.18. The molecule has 0 aliphatic heterocycles. The number of alkyl halides is 1. The number of halogens is 2. The van der Waals surface area contributed by atoms with Crippen LogP contribution < -0.4 is 4.74 Å². The second-order valence-corrected chi connectivity index (χ2v) is 8.14. The third kappa shape index (κ3) is 7.14. The van der Waals surface area contributed by atoms with E-state index in [4.69, 9.17) is 27.9 Å². The number of benzene rings is 1. The molecular weight excluding hydrogens is 391 g/mol. The number of hydrogen-bond acceptors (Lipinski definition) is 5. The molecule has 0 radical (unpaired) electrons. The average Bonchev–Trinajstić information content (AvgIpc) is 2.62. The number of carbonyl (C=O) groups is 1. The van der Waals surface area contributed by atoms with Crippen LogP contribution in [0.4, 0.5) is 4.79 Å². The Bertz CT molecular complexity index is 701. The van der Waals surface area contributed by atoms with Gasteiger partial charge in [0, 0.05) is 11.6 Å². The Kier molecular flexibility index (Phi) is 9.23. The molecule has 0 amide bonds. The fourth-order valence-electron chi connectivity index (χ4n) is 2.41. The quantitative estimate of drug-likeness (QED) is 0.253. The summed E-state index contributed by atoms with van der Waals surface area (Å²) in [6.07, 6.45) is 6.56. The molecule has 0 spiro atoms. The molecule has 0 bridgehead atoms. The van der Waals surface area contributed by atoms with Crippen LogP contribution in [0.1, 0.15) is 45.4 Å². The van der Waals surface area contributed by atoms with Crippen molar-refractivity contribution in [1.29, 1.82) is 0 Å². The number of carbonyl (C=O) groups excluding carboxylic acids is 1. The van der Waals surface area contributed by atoms with E-state index in [0.717, 1.165) is 36.6 Å². The van der Waals surface area contributed by atoms with Crippen LogP contribution in [0.15, 0.2) is 36.4 Å². The van der Waals surface area contributed by atoms with E-state index in [1.54, 1.807) is 0 Å². The van der Waals surface area contributed by atoms with Crippen molar-refractivity contribution in [2.75, 3.05) is 0 Å². The van der Waals surface area contributed by atoms with E-state index in [-0.39, 0.29) is 15.6 Å². The van der Waals surface area contributed by atoms with Crippen molar-refractivity contribution in [1.82, 2.24) is 10.2 Å². The monoisotopic (exact) mass is 412 g/mol. The molecule has 4 nitrogen and oxygen atoms in total. The lowest BCUT2D eigenvalue weighted by atomic mass is 10.1. The van der Waals surface area contributed by atoms with Gasteiger partial charge in [0.25, 0.3) is 0 Å². The number of ether oxygens (including phenoxy) is 1. The Morgan fingerprint density at radius 2 is 1.88 bits per heavy atom. The predicted octanol–water partition coefficient (Wildman–Crippen LogP) is 6.95. The topological polar surface area (TPSA) is 52.1 Å². The Morgan fingerprint density at radius 1 is 1.15 bits per heavy atom. The fourth-order valence-corrected chi connectivity index (χ4v) is 3.55. The van der Waals surface area contributed by atoms with Crippen molar-refractivity contribution >= 4 is 40.3 Å². The highest BCUT2D eigenvalue weighted by molar-refractivity contribution is 8.14. The van der Waals surface area contributed by atoms with Crippen molar-refractivity contribution in [3.05, 3.63) is 41.6 Å². The minimum Gasteiger partial charge on any atom is -0.416 e. The molecule has 1 atom stereocenters. The molecule has 2 aromatic rings. The van der Waals surface area contributed by atoms with E-state index in [1.165, 1.54) is 25.3 Å². The van der Waals surface area contributed by atoms with E-state index < -0.39 is 5.30 Å². The first kappa shape index (κ1) is 21.0. The first-order valence-electron chi connectivity index (χ1n) is 8.71. The number of aromatic nitrogens is 2. The van der Waals surface area contributed by atoms with E-state index in [1.807, 2.05) is 30.3 Å². The van der Waals surface area contributed by atoms with Crippen LogP contribution in [0.25, 0.3) is 11.3 Å². The largest absolute Gasteiger partial charge is 0.416 e. The molecule has 1 unspecified atom stereocenters. The van der Waals surface area contributed by atoms with Crippen molar-refractivity contribution < 1.29 is 9.53 Å². The summed E-state index contributed by atoms with van der Waals surface area (Å²) >= 11 is 13.1. The maximum atomic E-state index is 12.2. The molecular formula is C19H22Cl2N2O2S. The maximum absolute atomic E-state index is 12.2. The van der Waals surface area contributed by atoms with Crippen molar-refractivity contribution in [2.24, 2.45) is 0 Å². The van der Waals surface area contributed by atoms with Gasteiger partial charge in [-0.25, -0.2) is 4.79 Å². The minimum atomic E-state index is -0.472. The summed E-state index contributed by atoms with van der Waals surface area (Å²) in [5.74, 6) is 0.278. The van der Waals surface area contributed by atoms with Crippen LogP contribution in [0.3, 0.4) is 0 Å². The average molecular weight is 413 g/mol. The zero-order valence-corrected chi connectivity index (χ0v) is 17.0. The third-order valence-corrected chi connectivity index (χ3v) is 5.17. The molecule has 26 heavy (non-hydrogen) atoms. The molecule has 140 valence electrons. The van der Waals surface area contributed by atoms with Gasteiger partial charge >= 0.3 is 5.30 Å². The van der Waals surface area contributed by atoms with E-state index in [9.17, 15) is 4.79 Å². The Hall–Kier alpha value is -1.30. The molecule has 1 aromatic carbocycles. The van der Waals surface area contributed by atoms with E-state index >= 15 is 0 Å². The van der Waals surface area contributed by atoms with Crippen molar-refractivity contribution in [3.8, 4) is 17.0 Å². The molecule has 1 aromatic heterocycles. The van der Waals surface area contributed by atoms with Gasteiger partial charge in [-0.15, -0.1) is 21.8 Å². The van der Waals surface area contributed by atoms with Gasteiger partial charge in [-0.05, 0) is 18.2 Å². The number of hydrogen-bond donors (Lipinski definition) is 0. The van der Waals surface area contributed by atoms with Gasteiger partial charge in [0.2, 0.25) is 0 Å². The van der Waals surface area contributed by atoms with Crippen LogP contribution in [0.5, 0.6) is 5.75 Å². The van der Waals surface area contributed by atoms with E-state index in [0.29, 0.717) is 5.69 Å². The molecule has 0 N–H and O–H groups in total. The Morgan fingerprint density at radius 3 is 2.62 bits per heavy atom. The minimum absolute atomic E-state index is 0.163. The Labute approximate surface area is 168 Å². The third-order valence-electron chi connectivity index (χ3n) is 3.73. The SMILES string of the molecule is CCCCCCCC(Cl)SC(=O)Oc1cc(Cl)nnc1-c1ccccc1. The van der Waals surface area contributed by atoms with Gasteiger partial charge in [-0.2, -0.15) is 0 Å². The van der Waals surface area contributed by atoms with Gasteiger partial charge in [0.05, 0.1) is 4.71 Å². The first-order valence-corrected chi connectivity index (χ1v) is 10.4. The summed E-state index contributed by atoms with van der Waals surface area (Å²) in [5, 5.41) is 7.59. The number of thioether (sulfide) groups is 1. The van der Waals surface area contributed by atoms with Gasteiger partial charge in [0.15, 0.2) is 10.9 Å². The summed E-state index contributed by atoms with van der Waals surface area (Å²) in [7, 11) is 0. The lowest BCUT2D eigenvalue weighted by molar-refractivity contribution is 0.227. The normalized spacial score (nSPS) is 12.0. The standard InChI is InChI=1S/C19H22Cl2N2O2S/c1-2-3-4-5-9-12-17(21)26-19(24)25-15-13-16(20)22-23-18(15)14-10-7-6-8-11-14/h6-8,10-11,13,17H,2-5,9,12H2,1H3. The van der Waals surface area contributed by atoms with Crippen LogP contribution >= 0.6 is 35.0 Å². The summed E-state index contributed by atoms with van der Waals surface area (Å²) in [5.41, 5.74) is 1.26. The molecule has 0 fully saturated rings. The highest BCUT2D eigenvalue weighted by atomic mass is 35.5. The van der Waals surface area contributed by atoms with Crippen molar-refractivity contribution in [3.63, 3.8) is 0 Å². The zero-order chi connectivity index (χ0) is 18.8. The molecule has 0 aliphatic rings. The second-order valence-electron chi connectivity index (χ2n) is 5.83. The van der Waals surface area contributed by atoms with Gasteiger partial charge in [0.1, 0.15) is 5.69 Å². The molecule has 1 heterocycles. The smallest absolute Gasteiger partial charge is 0.374 e. The molecule has 2 rings (SSSR count). The number of nitrogens with zero attached hydrogens (tertiary/aromatic N) is 2. The first-order chi connectivity index (χ1) is 12.6. The van der Waals surface area contributed by atoms with E-state index in [2.05, 4.69) is 17.1 Å². The predicted molar refractivity (Wildman–Crippen MR) is 109 cm³/mol. The van der Waals surface area contributed by atoms with Crippen LogP contribution in [0.2, 0.25) is 5.15 Å². The second kappa shape index (κ2) is 11.4. The van der Waals surface area contributed by atoms with Gasteiger partial charge in [-0.3, -0.25) is 0 Å². The lowest BCUT2D eigenvalue weighted by Gasteiger charge is -2.11. The molecule has 0 saturated heterocycles. The fraction of sp³-hybridized carbons (Fsp3) is 0.421. The molecule has 0 saturated carbocycles. The lowest BCUT2D eigenvalue weighted by Crippen LogP contribution is -2.07. The van der Waals surface area contributed by atoms with Gasteiger partial charge in [-0.1, -0.05) is 81.0 Å². The molecule has 7 heteroatoms. The van der Waals surface area contributed by atoms with Crippen molar-refractivity contribution in [2.45, 2.75) is 50.2 Å².